The zero-order valence-corrected chi connectivity index (χ0v) is 13.0. The second-order valence-electron chi connectivity index (χ2n) is 7.19. The lowest BCUT2D eigenvalue weighted by molar-refractivity contribution is 0.128. The minimum Gasteiger partial charge on any atom is -0.493 e. The lowest BCUT2D eigenvalue weighted by atomic mass is 9.92. The Morgan fingerprint density at radius 2 is 2.29 bits per heavy atom. The van der Waals surface area contributed by atoms with Crippen LogP contribution in [-0.2, 0) is 12.8 Å². The van der Waals surface area contributed by atoms with Crippen LogP contribution in [0.15, 0.2) is 18.2 Å². The van der Waals surface area contributed by atoms with Crippen LogP contribution in [0.1, 0.15) is 30.9 Å². The van der Waals surface area contributed by atoms with Gasteiger partial charge in [-0.2, -0.15) is 0 Å². The monoisotopic (exact) mass is 286 g/mol. The number of ether oxygens (including phenoxy) is 1. The summed E-state index contributed by atoms with van der Waals surface area (Å²) in [7, 11) is 0. The van der Waals surface area contributed by atoms with E-state index in [1.165, 1.54) is 43.6 Å². The van der Waals surface area contributed by atoms with Crippen molar-refractivity contribution in [2.45, 2.75) is 38.1 Å². The topological polar surface area (TPSA) is 24.5 Å². The molecule has 1 aromatic rings. The first-order valence-electron chi connectivity index (χ1n) is 8.45. The third-order valence-electron chi connectivity index (χ3n) is 5.46. The molecule has 1 atom stereocenters. The summed E-state index contributed by atoms with van der Waals surface area (Å²) in [6.07, 6.45) is 5.08. The third kappa shape index (κ3) is 2.82. The van der Waals surface area contributed by atoms with Gasteiger partial charge in [0.2, 0.25) is 0 Å². The Morgan fingerprint density at radius 1 is 1.38 bits per heavy atom. The molecule has 1 aromatic carbocycles. The molecule has 2 aliphatic heterocycles. The van der Waals surface area contributed by atoms with Gasteiger partial charge < -0.3 is 10.1 Å². The number of nitrogens with zero attached hydrogens (tertiary/aromatic N) is 1. The van der Waals surface area contributed by atoms with E-state index in [9.17, 15) is 0 Å². The Morgan fingerprint density at radius 3 is 3.14 bits per heavy atom. The Balaban J connectivity index is 1.36. The largest absolute Gasteiger partial charge is 0.493 e. The molecule has 3 aliphatic rings. The molecule has 4 rings (SSSR count). The van der Waals surface area contributed by atoms with Crippen molar-refractivity contribution in [3.8, 4) is 5.75 Å². The molecule has 114 valence electrons. The first kappa shape index (κ1) is 13.6. The Kier molecular flexibility index (Phi) is 3.43. The number of hydrogen-bond donors (Lipinski definition) is 1. The van der Waals surface area contributed by atoms with Gasteiger partial charge in [-0.3, -0.25) is 4.90 Å². The van der Waals surface area contributed by atoms with Crippen LogP contribution in [-0.4, -0.2) is 43.2 Å². The van der Waals surface area contributed by atoms with Crippen LogP contribution >= 0.6 is 0 Å². The molecule has 3 heteroatoms. The first-order valence-corrected chi connectivity index (χ1v) is 8.45. The molecule has 1 unspecified atom stereocenters. The van der Waals surface area contributed by atoms with Crippen molar-refractivity contribution in [2.24, 2.45) is 5.92 Å². The fourth-order valence-electron chi connectivity index (χ4n) is 3.97. The molecule has 2 fully saturated rings. The van der Waals surface area contributed by atoms with Crippen molar-refractivity contribution in [2.75, 3.05) is 32.8 Å². The van der Waals surface area contributed by atoms with Crippen molar-refractivity contribution < 1.29 is 4.74 Å². The maximum Gasteiger partial charge on any atom is 0.122 e. The molecule has 1 saturated heterocycles. The van der Waals surface area contributed by atoms with Crippen LogP contribution in [0.3, 0.4) is 0 Å². The number of hydrogen-bond acceptors (Lipinski definition) is 3. The lowest BCUT2D eigenvalue weighted by Crippen LogP contribution is -2.60. The summed E-state index contributed by atoms with van der Waals surface area (Å²) < 4.78 is 5.59. The number of benzene rings is 1. The molecular formula is C18H26N2O. The molecule has 3 nitrogen and oxygen atoms in total. The van der Waals surface area contributed by atoms with Crippen molar-refractivity contribution in [3.63, 3.8) is 0 Å². The van der Waals surface area contributed by atoms with Crippen LogP contribution in [0, 0.1) is 5.92 Å². The van der Waals surface area contributed by atoms with Crippen LogP contribution in [0.25, 0.3) is 0 Å². The minimum absolute atomic E-state index is 0.365. The predicted octanol–water partition coefficient (Wildman–Crippen LogP) is 2.24. The lowest BCUT2D eigenvalue weighted by Gasteiger charge is -2.42. The maximum atomic E-state index is 5.59. The summed E-state index contributed by atoms with van der Waals surface area (Å²) >= 11 is 0. The second kappa shape index (κ2) is 5.29. The Hall–Kier alpha value is -1.06. The number of fused-ring (bicyclic) bond motifs is 1. The molecule has 1 saturated carbocycles. The molecule has 0 amide bonds. The fourth-order valence-corrected chi connectivity index (χ4v) is 3.97. The van der Waals surface area contributed by atoms with Crippen molar-refractivity contribution in [1.29, 1.82) is 0 Å². The highest BCUT2D eigenvalue weighted by molar-refractivity contribution is 5.39. The van der Waals surface area contributed by atoms with Gasteiger partial charge >= 0.3 is 0 Å². The summed E-state index contributed by atoms with van der Waals surface area (Å²) in [5, 5.41) is 3.76. The third-order valence-corrected chi connectivity index (χ3v) is 5.46. The van der Waals surface area contributed by atoms with E-state index in [4.69, 9.17) is 4.74 Å². The molecule has 0 aromatic heterocycles. The molecule has 2 heterocycles. The molecular weight excluding hydrogens is 260 g/mol. The normalized spacial score (nSPS) is 29.2. The zero-order chi connectivity index (χ0) is 14.3. The van der Waals surface area contributed by atoms with Gasteiger partial charge in [0.1, 0.15) is 5.75 Å². The van der Waals surface area contributed by atoms with Gasteiger partial charge in [0.15, 0.2) is 0 Å². The average molecular weight is 286 g/mol. The van der Waals surface area contributed by atoms with Gasteiger partial charge in [0.25, 0.3) is 0 Å². The van der Waals surface area contributed by atoms with Crippen LogP contribution in [0.5, 0.6) is 5.75 Å². The standard InChI is InChI=1S/C18H26N2O/c1-18(16-3-4-16)13-20(10-8-19-18)9-6-14-2-5-17-15(12-14)7-11-21-17/h2,5,12,16,19H,3-4,6-11,13H2,1H3. The van der Waals surface area contributed by atoms with E-state index in [0.29, 0.717) is 5.54 Å². The van der Waals surface area contributed by atoms with E-state index >= 15 is 0 Å². The van der Waals surface area contributed by atoms with Crippen molar-refractivity contribution in [1.82, 2.24) is 10.2 Å². The highest BCUT2D eigenvalue weighted by atomic mass is 16.5. The first-order chi connectivity index (χ1) is 10.2. The summed E-state index contributed by atoms with van der Waals surface area (Å²) in [6, 6.07) is 6.75. The van der Waals surface area contributed by atoms with Gasteiger partial charge in [-0.05, 0) is 49.3 Å². The number of nitrogens with one attached hydrogen (secondary N) is 1. The maximum absolute atomic E-state index is 5.59. The van der Waals surface area contributed by atoms with E-state index in [-0.39, 0.29) is 0 Å². The number of piperazine rings is 1. The van der Waals surface area contributed by atoms with E-state index in [1.54, 1.807) is 0 Å². The SMILES string of the molecule is CC1(C2CC2)CN(CCc2ccc3c(c2)CCO3)CCN1. The molecule has 1 N–H and O–H groups in total. The average Bonchev–Trinajstić information content (AvgIpc) is 3.25. The Bertz CT molecular complexity index is 526. The van der Waals surface area contributed by atoms with E-state index < -0.39 is 0 Å². The summed E-state index contributed by atoms with van der Waals surface area (Å²) in [5.74, 6) is 2.01. The molecule has 0 bridgehead atoms. The highest BCUT2D eigenvalue weighted by Crippen LogP contribution is 2.40. The highest BCUT2D eigenvalue weighted by Gasteiger charge is 2.43. The van der Waals surface area contributed by atoms with E-state index in [0.717, 1.165) is 37.7 Å². The quantitative estimate of drug-likeness (QED) is 0.918. The van der Waals surface area contributed by atoms with Crippen LogP contribution in [0.2, 0.25) is 0 Å². The minimum atomic E-state index is 0.365. The zero-order valence-electron chi connectivity index (χ0n) is 13.0. The molecule has 0 radical (unpaired) electrons. The van der Waals surface area contributed by atoms with Gasteiger partial charge in [-0.25, -0.2) is 0 Å². The predicted molar refractivity (Wildman–Crippen MR) is 84.9 cm³/mol. The van der Waals surface area contributed by atoms with E-state index in [2.05, 4.69) is 35.3 Å². The smallest absolute Gasteiger partial charge is 0.122 e. The summed E-state index contributed by atoms with van der Waals surface area (Å²) in [4.78, 5) is 2.65. The summed E-state index contributed by atoms with van der Waals surface area (Å²) in [6.45, 7) is 8.01. The van der Waals surface area contributed by atoms with Crippen LogP contribution < -0.4 is 10.1 Å². The molecule has 1 aliphatic carbocycles. The van der Waals surface area contributed by atoms with Gasteiger partial charge in [0.05, 0.1) is 6.61 Å². The second-order valence-corrected chi connectivity index (χ2v) is 7.19. The van der Waals surface area contributed by atoms with Crippen LogP contribution in [0.4, 0.5) is 0 Å². The van der Waals surface area contributed by atoms with Crippen molar-refractivity contribution in [3.05, 3.63) is 29.3 Å². The van der Waals surface area contributed by atoms with Crippen molar-refractivity contribution >= 4 is 0 Å². The fraction of sp³-hybridized carbons (Fsp3) is 0.667. The van der Waals surface area contributed by atoms with Gasteiger partial charge in [-0.15, -0.1) is 0 Å². The molecule has 21 heavy (non-hydrogen) atoms. The Labute approximate surface area is 127 Å². The summed E-state index contributed by atoms with van der Waals surface area (Å²) in [5.41, 5.74) is 3.23. The van der Waals surface area contributed by atoms with Gasteiger partial charge in [0, 0.05) is 38.1 Å². The molecule has 0 spiro atoms. The van der Waals surface area contributed by atoms with Gasteiger partial charge in [-0.1, -0.05) is 12.1 Å². The van der Waals surface area contributed by atoms with E-state index in [1.807, 2.05) is 0 Å². The number of rotatable bonds is 4.